The lowest BCUT2D eigenvalue weighted by Crippen LogP contribution is -2.17. The van der Waals surface area contributed by atoms with E-state index in [1.54, 1.807) is 6.08 Å². The van der Waals surface area contributed by atoms with Crippen molar-refractivity contribution in [1.82, 2.24) is 0 Å². The fourth-order valence-electron chi connectivity index (χ4n) is 11.5. The molecule has 0 saturated heterocycles. The summed E-state index contributed by atoms with van der Waals surface area (Å²) in [5.41, 5.74) is 18.4. The number of allylic oxidation sites excluding steroid dienone is 17. The third-order valence-electron chi connectivity index (χ3n) is 16.0. The minimum atomic E-state index is 0.0754. The highest BCUT2D eigenvalue weighted by molar-refractivity contribution is 5.75. The van der Waals surface area contributed by atoms with E-state index in [0.717, 1.165) is 42.8 Å². The predicted octanol–water partition coefficient (Wildman–Crippen LogP) is 21.6. The van der Waals surface area contributed by atoms with Gasteiger partial charge in [0.1, 0.15) is 0 Å². The summed E-state index contributed by atoms with van der Waals surface area (Å²) < 4.78 is 0. The maximum absolute atomic E-state index is 4.38. The van der Waals surface area contributed by atoms with Gasteiger partial charge in [0.2, 0.25) is 0 Å². The highest BCUT2D eigenvalue weighted by Crippen LogP contribution is 2.41. The molecule has 0 N–H and O–H groups in total. The van der Waals surface area contributed by atoms with Crippen LogP contribution in [0.3, 0.4) is 0 Å². The second-order valence-corrected chi connectivity index (χ2v) is 21.2. The first-order chi connectivity index (χ1) is 40.0. The van der Waals surface area contributed by atoms with Crippen LogP contribution in [0.4, 0.5) is 11.4 Å². The Bertz CT molecular complexity index is 3570. The quantitative estimate of drug-likeness (QED) is 0.0456. The number of hydrogen-bond acceptors (Lipinski definition) is 1. The van der Waals surface area contributed by atoms with Gasteiger partial charge in [0.05, 0.1) is 0 Å². The molecule has 81 heavy (non-hydrogen) atoms. The molecule has 1 heteroatoms. The van der Waals surface area contributed by atoms with E-state index in [9.17, 15) is 0 Å². The Kier molecular flexibility index (Phi) is 18.7. The largest absolute Gasteiger partial charge is 0.311 e. The molecule has 0 aromatic heterocycles. The summed E-state index contributed by atoms with van der Waals surface area (Å²) in [6.07, 6.45) is 38.9. The summed E-state index contributed by atoms with van der Waals surface area (Å²) >= 11 is 0. The first kappa shape index (κ1) is 55.0. The van der Waals surface area contributed by atoms with Crippen molar-refractivity contribution in [2.75, 3.05) is 4.90 Å². The maximum Gasteiger partial charge on any atom is 0.0461 e. The van der Waals surface area contributed by atoms with Gasteiger partial charge in [-0.15, -0.1) is 19.7 Å². The lowest BCUT2D eigenvalue weighted by atomic mass is 9.78. The highest BCUT2D eigenvalue weighted by Gasteiger charge is 2.24. The van der Waals surface area contributed by atoms with Gasteiger partial charge in [-0.1, -0.05) is 286 Å². The smallest absolute Gasteiger partial charge is 0.0461 e. The molecule has 8 aromatic carbocycles. The Labute approximate surface area is 483 Å². The zero-order chi connectivity index (χ0) is 55.6. The van der Waals surface area contributed by atoms with Crippen LogP contribution >= 0.6 is 0 Å². The first-order valence-electron chi connectivity index (χ1n) is 28.7. The van der Waals surface area contributed by atoms with Gasteiger partial charge in [-0.3, -0.25) is 0 Å². The number of anilines is 2. The third-order valence-corrected chi connectivity index (χ3v) is 16.0. The predicted molar refractivity (Wildman–Crippen MR) is 349 cm³/mol. The van der Waals surface area contributed by atoms with Crippen LogP contribution in [0, 0.1) is 17.8 Å². The van der Waals surface area contributed by atoms with Crippen LogP contribution < -0.4 is 4.90 Å². The topological polar surface area (TPSA) is 3.24 Å². The maximum atomic E-state index is 4.38. The van der Waals surface area contributed by atoms with E-state index in [1.165, 1.54) is 66.8 Å². The standard InChI is InChI=1S/C80H73N/c1-5-9-10-14-23-60-34-54-76(55-35-60)81(77-56-50-66(51-57-77)62(7-3)22-6-2)78-58-52-70(53-59-78)69-42-48-75(49-43-69)80(74-46-40-68(41-47-74)65-27-17-12-18-28-65)72-36-32-61(33-37-72)24-21-31-63(8-4)79(71-29-19-13-20-30-71)73-44-38-67(39-45-73)64-25-15-11-16-26-64/h5-21,23-30,32,34,36-63,79-80H,1-4,22,31,33,35H2. The van der Waals surface area contributed by atoms with Crippen molar-refractivity contribution < 1.29 is 0 Å². The van der Waals surface area contributed by atoms with E-state index in [2.05, 4.69) is 310 Å². The fraction of sp³-hybridized carbons (Fsp3) is 0.125. The summed E-state index contributed by atoms with van der Waals surface area (Å²) in [5, 5.41) is 0. The second-order valence-electron chi connectivity index (χ2n) is 21.2. The van der Waals surface area contributed by atoms with Gasteiger partial charge in [-0.05, 0) is 141 Å². The van der Waals surface area contributed by atoms with Crippen LogP contribution in [-0.4, -0.2) is 0 Å². The van der Waals surface area contributed by atoms with Crippen LogP contribution in [0.2, 0.25) is 0 Å². The van der Waals surface area contributed by atoms with Crippen LogP contribution in [0.5, 0.6) is 0 Å². The van der Waals surface area contributed by atoms with E-state index >= 15 is 0 Å². The molecule has 0 radical (unpaired) electrons. The van der Waals surface area contributed by atoms with Crippen molar-refractivity contribution in [1.29, 1.82) is 0 Å². The van der Waals surface area contributed by atoms with Crippen molar-refractivity contribution in [3.05, 3.63) is 375 Å². The molecule has 1 nitrogen and oxygen atoms in total. The zero-order valence-corrected chi connectivity index (χ0v) is 46.5. The Morgan fingerprint density at radius 3 is 1.38 bits per heavy atom. The normalized spacial score (nSPS) is 16.5. The average Bonchev–Trinajstić information content (AvgIpc) is 3.54. The Hall–Kier alpha value is -9.30. The van der Waals surface area contributed by atoms with E-state index in [1.807, 2.05) is 24.3 Å². The monoisotopic (exact) mass is 1050 g/mol. The molecule has 0 saturated carbocycles. The molecule has 0 heterocycles. The van der Waals surface area contributed by atoms with Crippen LogP contribution in [0.25, 0.3) is 33.4 Å². The number of hydrogen-bond donors (Lipinski definition) is 0. The van der Waals surface area contributed by atoms with E-state index < -0.39 is 0 Å². The molecular formula is C80H73N. The van der Waals surface area contributed by atoms with E-state index in [0.29, 0.717) is 11.8 Å². The minimum Gasteiger partial charge on any atom is -0.311 e. The van der Waals surface area contributed by atoms with Crippen LogP contribution in [0.1, 0.15) is 71.3 Å². The van der Waals surface area contributed by atoms with Crippen LogP contribution in [0.15, 0.2) is 347 Å². The molecule has 2 aliphatic carbocycles. The summed E-state index contributed by atoms with van der Waals surface area (Å²) in [6.45, 7) is 16.3. The Morgan fingerprint density at radius 2 is 0.889 bits per heavy atom. The summed E-state index contributed by atoms with van der Waals surface area (Å²) in [6, 6.07) is 77.8. The fourth-order valence-corrected chi connectivity index (χ4v) is 11.5. The van der Waals surface area contributed by atoms with Crippen molar-refractivity contribution >= 4 is 11.4 Å². The molecule has 0 aliphatic heterocycles. The minimum absolute atomic E-state index is 0.0754. The molecule has 6 unspecified atom stereocenters. The SMILES string of the molecule is C=CC=CC=CC1C=CC(N(c2ccc(-c3ccc(C(C4=CCC(C=CCC(C=C)C(c5ccccc5)c5ccc(-c6ccccc6)cc5)C=C4)c4ccc(-c5ccccc5)cc4)cc3)cc2)c2ccc(C(C=C)CC=C)cc2)=CC1. The van der Waals surface area contributed by atoms with Crippen LogP contribution in [-0.2, 0) is 0 Å². The van der Waals surface area contributed by atoms with E-state index in [-0.39, 0.29) is 23.7 Å². The van der Waals surface area contributed by atoms with Gasteiger partial charge >= 0.3 is 0 Å². The van der Waals surface area contributed by atoms with Gasteiger partial charge < -0.3 is 4.90 Å². The lowest BCUT2D eigenvalue weighted by Gasteiger charge is -2.29. The van der Waals surface area contributed by atoms with Gasteiger partial charge in [-0.2, -0.15) is 0 Å². The highest BCUT2D eigenvalue weighted by atomic mass is 15.1. The van der Waals surface area contributed by atoms with Crippen molar-refractivity contribution in [3.63, 3.8) is 0 Å². The Balaban J connectivity index is 0.880. The summed E-state index contributed by atoms with van der Waals surface area (Å²) in [4.78, 5) is 2.37. The number of nitrogens with zero attached hydrogens (tertiary/aromatic N) is 1. The second kappa shape index (κ2) is 27.5. The third kappa shape index (κ3) is 13.8. The molecule has 6 atom stereocenters. The molecule has 0 amide bonds. The molecular weight excluding hydrogens is 975 g/mol. The molecule has 2 aliphatic rings. The van der Waals surface area contributed by atoms with Gasteiger partial charge in [0.15, 0.2) is 0 Å². The molecule has 398 valence electrons. The van der Waals surface area contributed by atoms with Gasteiger partial charge in [-0.25, -0.2) is 0 Å². The molecule has 0 bridgehead atoms. The number of rotatable bonds is 23. The molecule has 0 spiro atoms. The molecule has 8 aromatic rings. The number of benzene rings is 8. The Morgan fingerprint density at radius 1 is 0.420 bits per heavy atom. The van der Waals surface area contributed by atoms with Crippen molar-refractivity contribution in [2.24, 2.45) is 17.8 Å². The summed E-state index contributed by atoms with van der Waals surface area (Å²) in [7, 11) is 0. The van der Waals surface area contributed by atoms with Crippen molar-refractivity contribution in [3.8, 4) is 33.4 Å². The zero-order valence-electron chi connectivity index (χ0n) is 46.5. The van der Waals surface area contributed by atoms with E-state index in [4.69, 9.17) is 0 Å². The summed E-state index contributed by atoms with van der Waals surface area (Å²) in [5.74, 6) is 1.37. The van der Waals surface area contributed by atoms with Gasteiger partial charge in [0, 0.05) is 34.8 Å². The van der Waals surface area contributed by atoms with Gasteiger partial charge in [0.25, 0.3) is 0 Å². The first-order valence-corrected chi connectivity index (χ1v) is 28.7. The average molecular weight is 1050 g/mol. The lowest BCUT2D eigenvalue weighted by molar-refractivity contribution is 0.576. The van der Waals surface area contributed by atoms with Crippen molar-refractivity contribution in [2.45, 2.75) is 43.4 Å². The molecule has 10 rings (SSSR count). The molecule has 0 fully saturated rings.